The topological polar surface area (TPSA) is 64.1 Å². The zero-order chi connectivity index (χ0) is 5.11. The third-order valence-corrected chi connectivity index (χ3v) is 1.13. The van der Waals surface area contributed by atoms with Gasteiger partial charge in [0.1, 0.15) is 5.78 Å². The summed E-state index contributed by atoms with van der Waals surface area (Å²) < 4.78 is 0. The highest BCUT2D eigenvalue weighted by molar-refractivity contribution is 5.80. The van der Waals surface area contributed by atoms with Crippen molar-refractivity contribution in [3.05, 3.63) is 0 Å². The summed E-state index contributed by atoms with van der Waals surface area (Å²) in [5.41, 5.74) is 0. The zero-order valence-electron chi connectivity index (χ0n) is 4.94. The quantitative estimate of drug-likeness (QED) is 0.472. The fourth-order valence-electron chi connectivity index (χ4n) is 0.727. The van der Waals surface area contributed by atoms with Gasteiger partial charge in [-0.2, -0.15) is 0 Å². The minimum atomic E-state index is 0. The molecule has 3 nitrogen and oxygen atoms in total. The molecule has 1 fully saturated rings. The summed E-state index contributed by atoms with van der Waals surface area (Å²) in [6.07, 6.45) is 1.81. The second kappa shape index (κ2) is 3.57. The molecule has 1 rings (SSSR count). The van der Waals surface area contributed by atoms with E-state index < -0.39 is 0 Å². The van der Waals surface area contributed by atoms with Crippen molar-refractivity contribution in [2.45, 2.75) is 12.8 Å². The molecule has 0 radical (unpaired) electrons. The van der Waals surface area contributed by atoms with E-state index in [0.717, 1.165) is 19.4 Å². The van der Waals surface area contributed by atoms with E-state index in [4.69, 9.17) is 0 Å². The van der Waals surface area contributed by atoms with Gasteiger partial charge in [-0.05, 0) is 13.0 Å². The molecule has 0 spiro atoms. The monoisotopic (exact) mass is 116 g/mol. The SMILES string of the molecule is N.O=C1CCCNC1. The molecule has 1 aliphatic heterocycles. The minimum absolute atomic E-state index is 0. The van der Waals surface area contributed by atoms with Crippen molar-refractivity contribution in [2.75, 3.05) is 13.1 Å². The van der Waals surface area contributed by atoms with Crippen molar-refractivity contribution >= 4 is 5.78 Å². The largest absolute Gasteiger partial charge is 0.344 e. The Morgan fingerprint density at radius 2 is 2.25 bits per heavy atom. The Kier molecular flexibility index (Phi) is 3.39. The van der Waals surface area contributed by atoms with Gasteiger partial charge < -0.3 is 11.5 Å². The first kappa shape index (κ1) is 7.59. The van der Waals surface area contributed by atoms with Gasteiger partial charge in [-0.25, -0.2) is 0 Å². The van der Waals surface area contributed by atoms with Crippen molar-refractivity contribution in [1.82, 2.24) is 11.5 Å². The van der Waals surface area contributed by atoms with Gasteiger partial charge in [-0.3, -0.25) is 4.79 Å². The summed E-state index contributed by atoms with van der Waals surface area (Å²) in [6, 6.07) is 0. The van der Waals surface area contributed by atoms with Crippen LogP contribution in [0.1, 0.15) is 12.8 Å². The predicted octanol–water partition coefficient (Wildman–Crippen LogP) is 0.101. The van der Waals surface area contributed by atoms with Crippen LogP contribution < -0.4 is 11.5 Å². The maximum atomic E-state index is 10.4. The van der Waals surface area contributed by atoms with Crippen LogP contribution in [-0.4, -0.2) is 18.9 Å². The molecular formula is C5H12N2O. The molecule has 0 bridgehead atoms. The molecule has 1 heterocycles. The summed E-state index contributed by atoms with van der Waals surface area (Å²) in [6.45, 7) is 1.62. The lowest BCUT2D eigenvalue weighted by Gasteiger charge is -2.08. The number of hydrogen-bond acceptors (Lipinski definition) is 3. The molecule has 4 N–H and O–H groups in total. The number of rotatable bonds is 0. The highest BCUT2D eigenvalue weighted by Gasteiger charge is 2.04. The van der Waals surface area contributed by atoms with Gasteiger partial charge in [0.25, 0.3) is 0 Å². The first-order valence-corrected chi connectivity index (χ1v) is 2.62. The van der Waals surface area contributed by atoms with E-state index in [2.05, 4.69) is 5.32 Å². The van der Waals surface area contributed by atoms with Gasteiger partial charge in [-0.15, -0.1) is 0 Å². The molecule has 0 aromatic heterocycles. The molecule has 0 amide bonds. The van der Waals surface area contributed by atoms with Crippen LogP contribution in [0.15, 0.2) is 0 Å². The number of carbonyl (C=O) groups excluding carboxylic acids is 1. The Morgan fingerprint density at radius 3 is 2.50 bits per heavy atom. The third-order valence-electron chi connectivity index (χ3n) is 1.13. The lowest BCUT2D eigenvalue weighted by molar-refractivity contribution is -0.119. The molecular weight excluding hydrogens is 104 g/mol. The van der Waals surface area contributed by atoms with Crippen LogP contribution in [-0.2, 0) is 4.79 Å². The minimum Gasteiger partial charge on any atom is -0.344 e. The van der Waals surface area contributed by atoms with E-state index in [1.807, 2.05) is 0 Å². The van der Waals surface area contributed by atoms with Crippen molar-refractivity contribution in [3.63, 3.8) is 0 Å². The van der Waals surface area contributed by atoms with Crippen molar-refractivity contribution in [2.24, 2.45) is 0 Å². The van der Waals surface area contributed by atoms with Crippen LogP contribution in [0, 0.1) is 0 Å². The van der Waals surface area contributed by atoms with E-state index in [9.17, 15) is 4.79 Å². The molecule has 0 aromatic carbocycles. The Bertz CT molecular complexity index is 74.5. The number of ketones is 1. The summed E-state index contributed by atoms with van der Waals surface area (Å²) >= 11 is 0. The van der Waals surface area contributed by atoms with Crippen LogP contribution in [0.3, 0.4) is 0 Å². The smallest absolute Gasteiger partial charge is 0.146 e. The highest BCUT2D eigenvalue weighted by Crippen LogP contribution is 1.92. The average Bonchev–Trinajstić information content (AvgIpc) is 1.69. The molecule has 0 atom stereocenters. The summed E-state index contributed by atoms with van der Waals surface area (Å²) in [5.74, 6) is 0.353. The highest BCUT2D eigenvalue weighted by atomic mass is 16.1. The Hall–Kier alpha value is -0.410. The van der Waals surface area contributed by atoms with Crippen molar-refractivity contribution in [1.29, 1.82) is 0 Å². The van der Waals surface area contributed by atoms with Crippen LogP contribution in [0.25, 0.3) is 0 Å². The number of hydrogen-bond donors (Lipinski definition) is 2. The van der Waals surface area contributed by atoms with Crippen molar-refractivity contribution < 1.29 is 4.79 Å². The summed E-state index contributed by atoms with van der Waals surface area (Å²) in [7, 11) is 0. The zero-order valence-corrected chi connectivity index (χ0v) is 4.94. The lowest BCUT2D eigenvalue weighted by atomic mass is 10.1. The number of Topliss-reactive ketones (excluding diaryl/α,β-unsaturated/α-hetero) is 1. The maximum Gasteiger partial charge on any atom is 0.146 e. The Morgan fingerprint density at radius 1 is 1.50 bits per heavy atom. The Balaban J connectivity index is 0.000000490. The molecule has 0 aliphatic carbocycles. The van der Waals surface area contributed by atoms with Gasteiger partial charge in [-0.1, -0.05) is 0 Å². The van der Waals surface area contributed by atoms with Crippen LogP contribution in [0.5, 0.6) is 0 Å². The summed E-state index contributed by atoms with van der Waals surface area (Å²) in [4.78, 5) is 10.4. The molecule has 1 aliphatic rings. The Labute approximate surface area is 49.0 Å². The van der Waals surface area contributed by atoms with Crippen molar-refractivity contribution in [3.8, 4) is 0 Å². The number of piperidine rings is 1. The van der Waals surface area contributed by atoms with Gasteiger partial charge in [0.15, 0.2) is 0 Å². The predicted molar refractivity (Wildman–Crippen MR) is 32.1 cm³/mol. The third kappa shape index (κ3) is 2.04. The van der Waals surface area contributed by atoms with Gasteiger partial charge in [0.05, 0.1) is 6.54 Å². The fraction of sp³-hybridized carbons (Fsp3) is 0.800. The van der Waals surface area contributed by atoms with E-state index in [0.29, 0.717) is 12.3 Å². The molecule has 48 valence electrons. The van der Waals surface area contributed by atoms with E-state index in [-0.39, 0.29) is 6.15 Å². The van der Waals surface area contributed by atoms with Gasteiger partial charge in [0.2, 0.25) is 0 Å². The average molecular weight is 116 g/mol. The van der Waals surface area contributed by atoms with E-state index in [1.54, 1.807) is 0 Å². The number of carbonyl (C=O) groups is 1. The lowest BCUT2D eigenvalue weighted by Crippen LogP contribution is -2.29. The fourth-order valence-corrected chi connectivity index (χ4v) is 0.727. The first-order chi connectivity index (χ1) is 3.39. The molecule has 0 unspecified atom stereocenters. The van der Waals surface area contributed by atoms with Crippen LogP contribution in [0.2, 0.25) is 0 Å². The molecule has 3 heteroatoms. The maximum absolute atomic E-state index is 10.4. The normalized spacial score (nSPS) is 19.8. The van der Waals surface area contributed by atoms with Gasteiger partial charge >= 0.3 is 0 Å². The standard InChI is InChI=1S/C5H9NO.H3N/c7-5-2-1-3-6-4-5;/h6H,1-4H2;1H3. The second-order valence-corrected chi connectivity index (χ2v) is 1.82. The van der Waals surface area contributed by atoms with E-state index in [1.165, 1.54) is 0 Å². The molecule has 8 heavy (non-hydrogen) atoms. The molecule has 0 saturated carbocycles. The molecule has 1 saturated heterocycles. The van der Waals surface area contributed by atoms with Crippen LogP contribution in [0.4, 0.5) is 0 Å². The number of nitrogens with one attached hydrogen (secondary N) is 1. The first-order valence-electron chi connectivity index (χ1n) is 2.62. The van der Waals surface area contributed by atoms with E-state index >= 15 is 0 Å². The molecule has 0 aromatic rings. The second-order valence-electron chi connectivity index (χ2n) is 1.82. The summed E-state index contributed by atoms with van der Waals surface area (Å²) in [5, 5.41) is 2.98. The van der Waals surface area contributed by atoms with Gasteiger partial charge in [0, 0.05) is 6.42 Å². The van der Waals surface area contributed by atoms with Crippen LogP contribution >= 0.6 is 0 Å².